The average Bonchev–Trinajstić information content (AvgIpc) is 2.74. The van der Waals surface area contributed by atoms with Gasteiger partial charge in [-0.3, -0.25) is 4.79 Å². The number of carbonyl (C=O) groups excluding carboxylic acids is 2. The lowest BCUT2D eigenvalue weighted by atomic mass is 9.93. The molecule has 1 fully saturated rings. The van der Waals surface area contributed by atoms with Crippen molar-refractivity contribution in [2.24, 2.45) is 11.7 Å². The molecule has 0 aliphatic carbocycles. The van der Waals surface area contributed by atoms with Gasteiger partial charge < -0.3 is 20.3 Å². The Morgan fingerprint density at radius 3 is 2.24 bits per heavy atom. The summed E-state index contributed by atoms with van der Waals surface area (Å²) in [6.07, 6.45) is 1.28. The van der Waals surface area contributed by atoms with E-state index < -0.39 is 16.8 Å². The van der Waals surface area contributed by atoms with Crippen molar-refractivity contribution in [1.29, 1.82) is 10.5 Å². The number of nitrogens with zero attached hydrogens (tertiary/aromatic N) is 5. The van der Waals surface area contributed by atoms with E-state index in [9.17, 15) is 20.1 Å². The summed E-state index contributed by atoms with van der Waals surface area (Å²) in [7, 11) is 3.56. The summed E-state index contributed by atoms with van der Waals surface area (Å²) < 4.78 is 5.44. The van der Waals surface area contributed by atoms with Crippen LogP contribution in [0, 0.1) is 28.6 Å². The molecule has 178 valence electrons. The molecule has 0 bridgehead atoms. The zero-order valence-corrected chi connectivity index (χ0v) is 21.0. The predicted octanol–water partition coefficient (Wildman–Crippen LogP) is 3.05. The van der Waals surface area contributed by atoms with Gasteiger partial charge in [0.05, 0.1) is 16.4 Å². The molecule has 2 heterocycles. The third kappa shape index (κ3) is 6.29. The van der Waals surface area contributed by atoms with Crippen LogP contribution in [-0.4, -0.2) is 59.9 Å². The zero-order chi connectivity index (χ0) is 24.9. The van der Waals surface area contributed by atoms with Crippen molar-refractivity contribution in [2.45, 2.75) is 62.8 Å². The minimum Gasteiger partial charge on any atom is -0.444 e. The van der Waals surface area contributed by atoms with Crippen LogP contribution in [0.5, 0.6) is 0 Å². The summed E-state index contributed by atoms with van der Waals surface area (Å²) >= 11 is 1.18. The number of carbonyl (C=O) groups is 2. The molecule has 2 N–H and O–H groups in total. The second-order valence-electron chi connectivity index (χ2n) is 9.19. The Morgan fingerprint density at radius 1 is 1.24 bits per heavy atom. The van der Waals surface area contributed by atoms with Crippen molar-refractivity contribution < 1.29 is 14.3 Å². The summed E-state index contributed by atoms with van der Waals surface area (Å²) in [6.45, 7) is 8.25. The first-order valence-electron chi connectivity index (χ1n) is 10.9. The van der Waals surface area contributed by atoms with E-state index in [2.05, 4.69) is 17.1 Å². The molecule has 0 spiro atoms. The van der Waals surface area contributed by atoms with Crippen molar-refractivity contribution in [3.8, 4) is 12.1 Å². The van der Waals surface area contributed by atoms with E-state index in [4.69, 9.17) is 10.5 Å². The SMILES string of the molecule is CCc1c(C#N)c(SC(C(N)=O)C2CCN(C(=O)OC(C)(C)C)CC2)nc(N(C)C)c1C#N. The van der Waals surface area contributed by atoms with Gasteiger partial charge in [-0.25, -0.2) is 9.78 Å². The Kier molecular flexibility index (Phi) is 8.57. The van der Waals surface area contributed by atoms with Gasteiger partial charge in [-0.05, 0) is 51.5 Å². The number of anilines is 1. The minimum absolute atomic E-state index is 0.0805. The van der Waals surface area contributed by atoms with Crippen LogP contribution in [0.4, 0.5) is 10.6 Å². The number of primary amides is 1. The number of thioether (sulfide) groups is 1. The molecule has 1 aliphatic rings. The van der Waals surface area contributed by atoms with Crippen LogP contribution in [0.2, 0.25) is 0 Å². The van der Waals surface area contributed by atoms with E-state index in [1.165, 1.54) is 11.8 Å². The van der Waals surface area contributed by atoms with E-state index in [0.717, 1.165) is 0 Å². The van der Waals surface area contributed by atoms with Crippen molar-refractivity contribution in [2.75, 3.05) is 32.1 Å². The third-order valence-electron chi connectivity index (χ3n) is 5.39. The topological polar surface area (TPSA) is 136 Å². The van der Waals surface area contributed by atoms with E-state index in [1.807, 2.05) is 27.7 Å². The molecule has 0 saturated carbocycles. The number of hydrogen-bond donors (Lipinski definition) is 1. The monoisotopic (exact) mass is 472 g/mol. The first-order chi connectivity index (χ1) is 15.4. The molecule has 33 heavy (non-hydrogen) atoms. The number of nitriles is 2. The molecule has 1 saturated heterocycles. The summed E-state index contributed by atoms with van der Waals surface area (Å²) in [5.41, 5.74) is 6.48. The quantitative estimate of drug-likeness (QED) is 0.624. The molecule has 1 atom stereocenters. The van der Waals surface area contributed by atoms with E-state index in [0.29, 0.717) is 59.9 Å². The third-order valence-corrected chi connectivity index (χ3v) is 6.78. The number of hydrogen-bond acceptors (Lipinski definition) is 8. The zero-order valence-electron chi connectivity index (χ0n) is 20.1. The second kappa shape index (κ2) is 10.8. The smallest absolute Gasteiger partial charge is 0.410 e. The van der Waals surface area contributed by atoms with Crippen molar-refractivity contribution in [1.82, 2.24) is 9.88 Å². The Morgan fingerprint density at radius 2 is 1.82 bits per heavy atom. The molecule has 9 nitrogen and oxygen atoms in total. The number of aromatic nitrogens is 1. The van der Waals surface area contributed by atoms with Crippen molar-refractivity contribution >= 4 is 29.6 Å². The maximum Gasteiger partial charge on any atom is 0.410 e. The van der Waals surface area contributed by atoms with Crippen LogP contribution in [-0.2, 0) is 16.0 Å². The highest BCUT2D eigenvalue weighted by Gasteiger charge is 2.35. The van der Waals surface area contributed by atoms with Crippen LogP contribution < -0.4 is 10.6 Å². The van der Waals surface area contributed by atoms with Gasteiger partial charge in [0.2, 0.25) is 5.91 Å². The maximum atomic E-state index is 12.4. The number of amides is 2. The number of nitrogens with two attached hydrogens (primary N) is 1. The molecule has 1 aliphatic heterocycles. The van der Waals surface area contributed by atoms with Gasteiger partial charge in [0.1, 0.15) is 28.6 Å². The molecule has 2 rings (SSSR count). The molecule has 0 aromatic carbocycles. The Hall–Kier alpha value is -2.98. The largest absolute Gasteiger partial charge is 0.444 e. The van der Waals surface area contributed by atoms with Crippen LogP contribution in [0.1, 0.15) is 57.2 Å². The van der Waals surface area contributed by atoms with Crippen molar-refractivity contribution in [3.05, 3.63) is 16.7 Å². The molecular weight excluding hydrogens is 440 g/mol. The summed E-state index contributed by atoms with van der Waals surface area (Å²) in [5, 5.41) is 19.3. The fourth-order valence-corrected chi connectivity index (χ4v) is 5.06. The van der Waals surface area contributed by atoms with Gasteiger partial charge in [-0.1, -0.05) is 18.7 Å². The molecular formula is C23H32N6O3S. The van der Waals surface area contributed by atoms with E-state index in [-0.39, 0.29) is 12.0 Å². The summed E-state index contributed by atoms with van der Waals surface area (Å²) in [5.74, 6) is -0.114. The lowest BCUT2D eigenvalue weighted by Crippen LogP contribution is -2.45. The van der Waals surface area contributed by atoms with E-state index >= 15 is 0 Å². The fourth-order valence-electron chi connectivity index (χ4n) is 3.81. The molecule has 2 amide bonds. The van der Waals surface area contributed by atoms with E-state index in [1.54, 1.807) is 23.9 Å². The normalized spacial score (nSPS) is 15.3. The first-order valence-corrected chi connectivity index (χ1v) is 11.8. The molecule has 1 aromatic heterocycles. The molecule has 1 unspecified atom stereocenters. The number of pyridine rings is 1. The molecule has 1 aromatic rings. The fraction of sp³-hybridized carbons (Fsp3) is 0.609. The van der Waals surface area contributed by atoms with Gasteiger partial charge >= 0.3 is 6.09 Å². The van der Waals surface area contributed by atoms with Gasteiger partial charge in [0.25, 0.3) is 0 Å². The first kappa shape index (κ1) is 26.3. The second-order valence-corrected chi connectivity index (χ2v) is 10.3. The van der Waals surface area contributed by atoms with Crippen LogP contribution in [0.15, 0.2) is 5.03 Å². The van der Waals surface area contributed by atoms with Gasteiger partial charge in [0, 0.05) is 27.2 Å². The highest BCUT2D eigenvalue weighted by Crippen LogP contribution is 2.38. The molecule has 0 radical (unpaired) electrons. The number of piperidine rings is 1. The van der Waals surface area contributed by atoms with Gasteiger partial charge in [-0.2, -0.15) is 10.5 Å². The summed E-state index contributed by atoms with van der Waals surface area (Å²) in [6, 6.07) is 4.34. The minimum atomic E-state index is -0.613. The van der Waals surface area contributed by atoms with Gasteiger partial charge in [-0.15, -0.1) is 0 Å². The number of ether oxygens (including phenoxy) is 1. The lowest BCUT2D eigenvalue weighted by Gasteiger charge is -2.35. The predicted molar refractivity (Wildman–Crippen MR) is 127 cm³/mol. The highest BCUT2D eigenvalue weighted by molar-refractivity contribution is 8.00. The Bertz CT molecular complexity index is 982. The van der Waals surface area contributed by atoms with Crippen LogP contribution >= 0.6 is 11.8 Å². The maximum absolute atomic E-state index is 12.4. The van der Waals surface area contributed by atoms with Gasteiger partial charge in [0.15, 0.2) is 0 Å². The number of likely N-dealkylation sites (tertiary alicyclic amines) is 1. The van der Waals surface area contributed by atoms with Crippen LogP contribution in [0.3, 0.4) is 0 Å². The Labute approximate surface area is 199 Å². The average molecular weight is 473 g/mol. The number of rotatable bonds is 6. The lowest BCUT2D eigenvalue weighted by molar-refractivity contribution is -0.118. The highest BCUT2D eigenvalue weighted by atomic mass is 32.2. The van der Waals surface area contributed by atoms with Crippen molar-refractivity contribution in [3.63, 3.8) is 0 Å². The standard InChI is InChI=1S/C23H32N6O3S/c1-7-15-16(12-24)20(28(5)6)27-21(17(15)13-25)33-18(19(26)30)14-8-10-29(11-9-14)22(31)32-23(2,3)4/h14,18H,7-11H2,1-6H3,(H2,26,30). The summed E-state index contributed by atoms with van der Waals surface area (Å²) in [4.78, 5) is 32.7. The molecule has 10 heteroatoms. The van der Waals surface area contributed by atoms with Crippen LogP contribution in [0.25, 0.3) is 0 Å². The Balaban J connectivity index is 2.30.